The van der Waals surface area contributed by atoms with Gasteiger partial charge in [-0.15, -0.1) is 0 Å². The summed E-state index contributed by atoms with van der Waals surface area (Å²) in [6, 6.07) is 16.0. The van der Waals surface area contributed by atoms with Crippen molar-refractivity contribution in [2.75, 3.05) is 24.3 Å². The first-order valence-electron chi connectivity index (χ1n) is 10.7. The highest BCUT2D eigenvalue weighted by Gasteiger charge is 2.18. The second-order valence-electron chi connectivity index (χ2n) is 8.06. The lowest BCUT2D eigenvalue weighted by Crippen LogP contribution is -2.30. The minimum absolute atomic E-state index is 0.210. The Balaban J connectivity index is 1.78. The van der Waals surface area contributed by atoms with Crippen molar-refractivity contribution in [3.8, 4) is 5.95 Å². The number of rotatable bonds is 8. The number of nitrogens with one attached hydrogen (secondary N) is 1. The van der Waals surface area contributed by atoms with Crippen LogP contribution in [0.25, 0.3) is 16.9 Å². The van der Waals surface area contributed by atoms with Crippen molar-refractivity contribution in [3.63, 3.8) is 0 Å². The van der Waals surface area contributed by atoms with Crippen LogP contribution in [0.4, 0.5) is 11.6 Å². The van der Waals surface area contributed by atoms with Gasteiger partial charge >= 0.3 is 7.12 Å². The molecule has 0 aliphatic heterocycles. The molecule has 4 rings (SSSR count). The SMILES string of the molecule is CN(C)c1cc(NCc2cccc(B(O)O)c2)nc(-n2c(CN)cc3c(C(N)=O)cccc32)n1. The average Bonchev–Trinajstić information content (AvgIpc) is 3.21. The van der Waals surface area contributed by atoms with Gasteiger partial charge in [0.1, 0.15) is 11.6 Å². The average molecular weight is 459 g/mol. The number of nitrogens with two attached hydrogens (primary N) is 2. The fourth-order valence-corrected chi connectivity index (χ4v) is 3.78. The van der Waals surface area contributed by atoms with E-state index in [1.165, 1.54) is 0 Å². The number of nitrogens with zero attached hydrogens (tertiary/aromatic N) is 4. The van der Waals surface area contributed by atoms with Crippen molar-refractivity contribution >= 4 is 41.0 Å². The molecule has 10 nitrogen and oxygen atoms in total. The van der Waals surface area contributed by atoms with E-state index in [1.807, 2.05) is 47.8 Å². The van der Waals surface area contributed by atoms with E-state index in [0.717, 1.165) is 16.8 Å². The normalized spacial score (nSPS) is 11.0. The van der Waals surface area contributed by atoms with Crippen LogP contribution in [0.5, 0.6) is 0 Å². The molecule has 7 N–H and O–H groups in total. The molecule has 0 unspecified atom stereocenters. The topological polar surface area (TPSA) is 156 Å². The summed E-state index contributed by atoms with van der Waals surface area (Å²) in [7, 11) is 2.23. The lowest BCUT2D eigenvalue weighted by Gasteiger charge is -2.17. The minimum atomic E-state index is -1.53. The predicted octanol–water partition coefficient (Wildman–Crippen LogP) is 0.336. The highest BCUT2D eigenvalue weighted by atomic mass is 16.4. The van der Waals surface area contributed by atoms with E-state index in [1.54, 1.807) is 30.3 Å². The van der Waals surface area contributed by atoms with Crippen LogP contribution in [0.3, 0.4) is 0 Å². The molecule has 4 aromatic rings. The van der Waals surface area contributed by atoms with Gasteiger partial charge in [-0.3, -0.25) is 9.36 Å². The number of hydrogen-bond acceptors (Lipinski definition) is 8. The van der Waals surface area contributed by atoms with Crippen molar-refractivity contribution in [1.82, 2.24) is 14.5 Å². The number of aromatic nitrogens is 3. The number of amides is 1. The van der Waals surface area contributed by atoms with Gasteiger partial charge in [0, 0.05) is 49.9 Å². The summed E-state index contributed by atoms with van der Waals surface area (Å²) >= 11 is 0. The Labute approximate surface area is 197 Å². The molecule has 0 aliphatic rings. The van der Waals surface area contributed by atoms with Gasteiger partial charge in [-0.25, -0.2) is 0 Å². The van der Waals surface area contributed by atoms with Gasteiger partial charge < -0.3 is 31.7 Å². The predicted molar refractivity (Wildman–Crippen MR) is 133 cm³/mol. The first kappa shape index (κ1) is 23.2. The zero-order valence-corrected chi connectivity index (χ0v) is 18.9. The molecule has 34 heavy (non-hydrogen) atoms. The van der Waals surface area contributed by atoms with E-state index in [9.17, 15) is 14.8 Å². The van der Waals surface area contributed by atoms with Crippen LogP contribution in [0, 0.1) is 0 Å². The molecule has 0 radical (unpaired) electrons. The second-order valence-corrected chi connectivity index (χ2v) is 8.06. The maximum absolute atomic E-state index is 11.9. The van der Waals surface area contributed by atoms with Crippen molar-refractivity contribution in [2.45, 2.75) is 13.1 Å². The molecule has 0 fully saturated rings. The van der Waals surface area contributed by atoms with Crippen LogP contribution in [0.1, 0.15) is 21.6 Å². The van der Waals surface area contributed by atoms with E-state index in [2.05, 4.69) is 5.32 Å². The highest BCUT2D eigenvalue weighted by molar-refractivity contribution is 6.58. The summed E-state index contributed by atoms with van der Waals surface area (Å²) in [6.45, 7) is 0.618. The number of carbonyl (C=O) groups excluding carboxylic acids is 1. The molecule has 2 aromatic heterocycles. The largest absolute Gasteiger partial charge is 0.488 e. The zero-order valence-electron chi connectivity index (χ0n) is 18.9. The Morgan fingerprint density at radius 2 is 1.88 bits per heavy atom. The summed E-state index contributed by atoms with van der Waals surface area (Å²) in [5, 5.41) is 22.8. The van der Waals surface area contributed by atoms with Crippen LogP contribution in [0.2, 0.25) is 0 Å². The van der Waals surface area contributed by atoms with E-state index in [0.29, 0.717) is 40.5 Å². The molecule has 0 aliphatic carbocycles. The number of carbonyl (C=O) groups is 1. The molecule has 174 valence electrons. The number of benzene rings is 2. The molecule has 2 aromatic carbocycles. The standard InChI is InChI=1S/C23H26BN7O3/c1-30(2)21-11-20(27-13-14-5-3-6-15(9-14)24(33)34)28-23(29-21)31-16(12-25)10-18-17(22(26)32)7-4-8-19(18)31/h3-11,33-34H,12-13,25H2,1-2H3,(H2,26,32)(H,27,28,29). The molecule has 0 saturated carbocycles. The Hall–Kier alpha value is -3.93. The third-order valence-corrected chi connectivity index (χ3v) is 5.48. The smallest absolute Gasteiger partial charge is 0.423 e. The second kappa shape index (κ2) is 9.52. The molecule has 1 amide bonds. The third kappa shape index (κ3) is 4.57. The molecular weight excluding hydrogens is 433 g/mol. The summed E-state index contributed by atoms with van der Waals surface area (Å²) in [6.07, 6.45) is 0. The first-order valence-corrected chi connectivity index (χ1v) is 10.7. The van der Waals surface area contributed by atoms with Crippen LogP contribution in [0.15, 0.2) is 54.6 Å². The quantitative estimate of drug-likeness (QED) is 0.236. The van der Waals surface area contributed by atoms with E-state index >= 15 is 0 Å². The maximum Gasteiger partial charge on any atom is 0.488 e. The number of primary amides is 1. The summed E-state index contributed by atoms with van der Waals surface area (Å²) in [5.74, 6) is 1.11. The lowest BCUT2D eigenvalue weighted by atomic mass is 9.80. The molecule has 0 spiro atoms. The van der Waals surface area contributed by atoms with Crippen molar-refractivity contribution in [1.29, 1.82) is 0 Å². The Bertz CT molecular complexity index is 1350. The van der Waals surface area contributed by atoms with Crippen LogP contribution in [-0.4, -0.2) is 51.7 Å². The van der Waals surface area contributed by atoms with Gasteiger partial charge in [-0.1, -0.05) is 30.3 Å². The van der Waals surface area contributed by atoms with Crippen molar-refractivity contribution in [2.24, 2.45) is 11.5 Å². The summed E-state index contributed by atoms with van der Waals surface area (Å²) < 4.78 is 1.82. The Kier molecular flexibility index (Phi) is 6.50. The van der Waals surface area contributed by atoms with Gasteiger partial charge in [0.2, 0.25) is 11.9 Å². The van der Waals surface area contributed by atoms with Gasteiger partial charge in [0.25, 0.3) is 0 Å². The monoisotopic (exact) mass is 459 g/mol. The molecule has 0 bridgehead atoms. The number of hydrogen-bond donors (Lipinski definition) is 5. The van der Waals surface area contributed by atoms with Crippen LogP contribution >= 0.6 is 0 Å². The van der Waals surface area contributed by atoms with Crippen molar-refractivity contribution < 1.29 is 14.8 Å². The summed E-state index contributed by atoms with van der Waals surface area (Å²) in [5.41, 5.74) is 14.7. The van der Waals surface area contributed by atoms with E-state index < -0.39 is 13.0 Å². The molecule has 2 heterocycles. The van der Waals surface area contributed by atoms with E-state index in [-0.39, 0.29) is 6.54 Å². The van der Waals surface area contributed by atoms with Crippen LogP contribution in [-0.2, 0) is 13.1 Å². The molecular formula is C23H26BN7O3. The van der Waals surface area contributed by atoms with E-state index in [4.69, 9.17) is 21.4 Å². The Morgan fingerprint density at radius 1 is 1.12 bits per heavy atom. The fourth-order valence-electron chi connectivity index (χ4n) is 3.78. The maximum atomic E-state index is 11.9. The van der Waals surface area contributed by atoms with Gasteiger partial charge in [0.05, 0.1) is 5.52 Å². The Morgan fingerprint density at radius 3 is 2.56 bits per heavy atom. The third-order valence-electron chi connectivity index (χ3n) is 5.48. The fraction of sp³-hybridized carbons (Fsp3) is 0.174. The molecule has 0 saturated heterocycles. The van der Waals surface area contributed by atoms with Gasteiger partial charge in [-0.2, -0.15) is 9.97 Å². The number of anilines is 2. The first-order chi connectivity index (χ1) is 16.3. The summed E-state index contributed by atoms with van der Waals surface area (Å²) in [4.78, 5) is 23.2. The zero-order chi connectivity index (χ0) is 24.4. The van der Waals surface area contributed by atoms with Crippen molar-refractivity contribution in [3.05, 3.63) is 71.4 Å². The minimum Gasteiger partial charge on any atom is -0.423 e. The van der Waals surface area contributed by atoms with Crippen LogP contribution < -0.4 is 27.1 Å². The highest BCUT2D eigenvalue weighted by Crippen LogP contribution is 2.27. The van der Waals surface area contributed by atoms with Gasteiger partial charge in [-0.05, 0) is 29.2 Å². The molecule has 0 atom stereocenters. The van der Waals surface area contributed by atoms with Gasteiger partial charge in [0.15, 0.2) is 0 Å². The number of fused-ring (bicyclic) bond motifs is 1. The lowest BCUT2D eigenvalue weighted by molar-refractivity contribution is 0.100. The molecule has 11 heteroatoms.